The van der Waals surface area contributed by atoms with Crippen LogP contribution in [0.3, 0.4) is 0 Å². The molecule has 4 heteroatoms. The van der Waals surface area contributed by atoms with Crippen molar-refractivity contribution < 1.29 is 4.42 Å². The highest BCUT2D eigenvalue weighted by atomic mass is 16.3. The molecule has 2 aromatic heterocycles. The molecule has 11 aromatic rings. The lowest BCUT2D eigenvalue weighted by molar-refractivity contribution is 0.669. The largest absolute Gasteiger partial charge is 0.456 e. The number of fused-ring (bicyclic) bond motifs is 7. The number of furan rings is 1. The maximum absolute atomic E-state index is 14.1. The van der Waals surface area contributed by atoms with E-state index in [0.29, 0.717) is 0 Å². The third-order valence-corrected chi connectivity index (χ3v) is 10.7. The van der Waals surface area contributed by atoms with E-state index in [1.165, 1.54) is 43.4 Å². The molecule has 0 unspecified atom stereocenters. The highest BCUT2D eigenvalue weighted by Crippen LogP contribution is 2.45. The summed E-state index contributed by atoms with van der Waals surface area (Å²) in [5, 5.41) is 9.33. The van der Waals surface area contributed by atoms with Crippen molar-refractivity contribution in [3.8, 4) is 33.6 Å². The number of aromatic nitrogens is 2. The highest BCUT2D eigenvalue weighted by Gasteiger charge is 2.20. The molecule has 4 nitrogen and oxygen atoms in total. The van der Waals surface area contributed by atoms with Crippen LogP contribution in [0.15, 0.2) is 191 Å². The first-order valence-electron chi connectivity index (χ1n) is 17.9. The topological polar surface area (TPSA) is 40.1 Å². The number of para-hydroxylation sites is 3. The molecule has 11 rings (SSSR count). The average molecular weight is 679 g/mol. The minimum atomic E-state index is -0.0963. The van der Waals surface area contributed by atoms with Crippen molar-refractivity contribution in [3.05, 3.63) is 192 Å². The van der Waals surface area contributed by atoms with E-state index in [2.05, 4.69) is 127 Å². The summed E-state index contributed by atoms with van der Waals surface area (Å²) >= 11 is 0. The van der Waals surface area contributed by atoms with Gasteiger partial charge in [-0.3, -0.25) is 9.13 Å². The average Bonchev–Trinajstić information content (AvgIpc) is 3.72. The van der Waals surface area contributed by atoms with Crippen molar-refractivity contribution in [2.45, 2.75) is 0 Å². The number of benzene rings is 9. The fourth-order valence-corrected chi connectivity index (χ4v) is 8.37. The first kappa shape index (κ1) is 29.5. The Hall–Kier alpha value is -7.17. The van der Waals surface area contributed by atoms with Gasteiger partial charge in [0.1, 0.15) is 11.2 Å². The number of rotatable bonds is 4. The van der Waals surface area contributed by atoms with Gasteiger partial charge >= 0.3 is 5.69 Å². The van der Waals surface area contributed by atoms with E-state index in [0.717, 1.165) is 55.5 Å². The molecule has 0 aliphatic rings. The van der Waals surface area contributed by atoms with Gasteiger partial charge in [-0.15, -0.1) is 0 Å². The Bertz CT molecular complexity index is 3240. The summed E-state index contributed by atoms with van der Waals surface area (Å²) in [7, 11) is 0. The van der Waals surface area contributed by atoms with Crippen LogP contribution >= 0.6 is 0 Å². The molecule has 0 aliphatic carbocycles. The molecule has 0 amide bonds. The van der Waals surface area contributed by atoms with E-state index in [4.69, 9.17) is 4.42 Å². The molecule has 9 aromatic carbocycles. The smallest absolute Gasteiger partial charge is 0.338 e. The highest BCUT2D eigenvalue weighted by molar-refractivity contribution is 6.22. The summed E-state index contributed by atoms with van der Waals surface area (Å²) in [6, 6.07) is 63.1. The van der Waals surface area contributed by atoms with Crippen LogP contribution in [-0.2, 0) is 0 Å². The molecule has 0 saturated carbocycles. The second-order valence-electron chi connectivity index (χ2n) is 13.7. The molecule has 248 valence electrons. The molecular formula is C49H30N2O2. The zero-order valence-corrected chi connectivity index (χ0v) is 28.5. The predicted octanol–water partition coefficient (Wildman–Crippen LogP) is 12.5. The van der Waals surface area contributed by atoms with Gasteiger partial charge in [-0.05, 0) is 115 Å². The lowest BCUT2D eigenvalue weighted by Crippen LogP contribution is -2.22. The van der Waals surface area contributed by atoms with Gasteiger partial charge in [0.2, 0.25) is 0 Å². The normalized spacial score (nSPS) is 11.8. The van der Waals surface area contributed by atoms with Crippen LogP contribution in [0.1, 0.15) is 0 Å². The van der Waals surface area contributed by atoms with Gasteiger partial charge in [0.15, 0.2) is 0 Å². The number of hydrogen-bond acceptors (Lipinski definition) is 2. The second-order valence-corrected chi connectivity index (χ2v) is 13.7. The number of hydrogen-bond donors (Lipinski definition) is 0. The summed E-state index contributed by atoms with van der Waals surface area (Å²) < 4.78 is 9.97. The van der Waals surface area contributed by atoms with Crippen molar-refractivity contribution in [2.24, 2.45) is 0 Å². The lowest BCUT2D eigenvalue weighted by atomic mass is 9.85. The third kappa shape index (κ3) is 4.46. The molecule has 0 atom stereocenters. The van der Waals surface area contributed by atoms with Gasteiger partial charge in [0, 0.05) is 10.8 Å². The summed E-state index contributed by atoms with van der Waals surface area (Å²) in [4.78, 5) is 14.1. The second kappa shape index (κ2) is 11.4. The van der Waals surface area contributed by atoms with Crippen molar-refractivity contribution in [1.82, 2.24) is 9.13 Å². The van der Waals surface area contributed by atoms with E-state index >= 15 is 0 Å². The Labute approximate surface area is 304 Å². The molecule has 0 saturated heterocycles. The Kier molecular flexibility index (Phi) is 6.37. The molecule has 2 heterocycles. The van der Waals surface area contributed by atoms with Gasteiger partial charge < -0.3 is 4.42 Å². The molecule has 0 radical (unpaired) electrons. The molecule has 0 N–H and O–H groups in total. The first-order chi connectivity index (χ1) is 26.2. The Morgan fingerprint density at radius 2 is 0.830 bits per heavy atom. The van der Waals surface area contributed by atoms with Crippen LogP contribution in [-0.4, -0.2) is 9.13 Å². The Morgan fingerprint density at radius 1 is 0.358 bits per heavy atom. The van der Waals surface area contributed by atoms with Gasteiger partial charge in [-0.1, -0.05) is 121 Å². The summed E-state index contributed by atoms with van der Waals surface area (Å²) in [6.45, 7) is 0. The summed E-state index contributed by atoms with van der Waals surface area (Å²) in [6.07, 6.45) is 0. The van der Waals surface area contributed by atoms with Gasteiger partial charge in [-0.2, -0.15) is 0 Å². The van der Waals surface area contributed by atoms with Crippen molar-refractivity contribution in [1.29, 1.82) is 0 Å². The molecule has 0 bridgehead atoms. The van der Waals surface area contributed by atoms with Crippen LogP contribution in [0, 0.1) is 0 Å². The van der Waals surface area contributed by atoms with Crippen molar-refractivity contribution in [2.75, 3.05) is 0 Å². The van der Waals surface area contributed by atoms with Gasteiger partial charge in [0.05, 0.1) is 22.4 Å². The fraction of sp³-hybridized carbons (Fsp3) is 0. The standard InChI is InChI=1S/C49H30N2O2/c52-49-50(35-14-2-1-3-15-35)43-20-10-11-21-44(43)51(49)36-25-22-31(23-26-36)47-37-16-6-8-18-39(37)48(40-19-9-7-17-38(40)47)34-24-27-45-41(29-34)42-28-32-12-4-5-13-33(32)30-46(42)53-45/h1-30H. The van der Waals surface area contributed by atoms with E-state index in [-0.39, 0.29) is 5.69 Å². The van der Waals surface area contributed by atoms with Crippen LogP contribution < -0.4 is 5.69 Å². The lowest BCUT2D eigenvalue weighted by Gasteiger charge is -2.18. The van der Waals surface area contributed by atoms with Gasteiger partial charge in [-0.25, -0.2) is 4.79 Å². The minimum Gasteiger partial charge on any atom is -0.456 e. The zero-order chi connectivity index (χ0) is 35.0. The summed E-state index contributed by atoms with van der Waals surface area (Å²) in [5.41, 5.74) is 9.71. The molecular weight excluding hydrogens is 649 g/mol. The minimum absolute atomic E-state index is 0.0963. The maximum atomic E-state index is 14.1. The summed E-state index contributed by atoms with van der Waals surface area (Å²) in [5.74, 6) is 0. The maximum Gasteiger partial charge on any atom is 0.338 e. The van der Waals surface area contributed by atoms with Crippen molar-refractivity contribution >= 4 is 65.3 Å². The van der Waals surface area contributed by atoms with Crippen LogP contribution in [0.2, 0.25) is 0 Å². The SMILES string of the molecule is O=c1n(-c2ccccc2)c2ccccc2n1-c1ccc(-c2c3ccccc3c(-c3ccc4oc5cc6ccccc6cc5c4c3)c3ccccc23)cc1. The fourth-order valence-electron chi connectivity index (χ4n) is 8.37. The molecule has 0 spiro atoms. The molecule has 0 fully saturated rings. The van der Waals surface area contributed by atoms with E-state index in [1.807, 2.05) is 59.2 Å². The van der Waals surface area contributed by atoms with Gasteiger partial charge in [0.25, 0.3) is 0 Å². The number of nitrogens with zero attached hydrogens (tertiary/aromatic N) is 2. The Morgan fingerprint density at radius 3 is 1.45 bits per heavy atom. The van der Waals surface area contributed by atoms with Crippen LogP contribution in [0.5, 0.6) is 0 Å². The predicted molar refractivity (Wildman–Crippen MR) is 220 cm³/mol. The third-order valence-electron chi connectivity index (χ3n) is 10.7. The monoisotopic (exact) mass is 678 g/mol. The molecule has 0 aliphatic heterocycles. The van der Waals surface area contributed by atoms with Crippen LogP contribution in [0.4, 0.5) is 0 Å². The molecule has 53 heavy (non-hydrogen) atoms. The van der Waals surface area contributed by atoms with E-state index in [9.17, 15) is 4.79 Å². The zero-order valence-electron chi connectivity index (χ0n) is 28.5. The Balaban J connectivity index is 1.10. The van der Waals surface area contributed by atoms with Crippen molar-refractivity contribution in [3.63, 3.8) is 0 Å². The number of imidazole rings is 1. The van der Waals surface area contributed by atoms with Crippen LogP contribution in [0.25, 0.3) is 98.9 Å². The van der Waals surface area contributed by atoms with E-state index < -0.39 is 0 Å². The first-order valence-corrected chi connectivity index (χ1v) is 17.9. The quantitative estimate of drug-likeness (QED) is 0.174. The van der Waals surface area contributed by atoms with E-state index in [1.54, 1.807) is 4.57 Å².